The number of rotatable bonds is 16. The lowest BCUT2D eigenvalue weighted by Gasteiger charge is -2.34. The number of aliphatic hydroxyl groups is 2. The van der Waals surface area contributed by atoms with E-state index in [1.54, 1.807) is 9.13 Å². The number of aromatic nitrogens is 2. The molecule has 3 saturated carbocycles. The van der Waals surface area contributed by atoms with Crippen LogP contribution in [0.15, 0.2) is 58.4 Å². The third-order valence-corrected chi connectivity index (χ3v) is 13.9. The van der Waals surface area contributed by atoms with Crippen molar-refractivity contribution in [1.29, 1.82) is 0 Å². The monoisotopic (exact) mass is 1320 g/mol. The molecule has 30 heteroatoms. The van der Waals surface area contributed by atoms with Gasteiger partial charge in [-0.05, 0) is 79.8 Å². The van der Waals surface area contributed by atoms with Gasteiger partial charge in [-0.1, -0.05) is 34.2 Å². The number of nitrogens with two attached hydrogens (primary N) is 1. The van der Waals surface area contributed by atoms with Crippen LogP contribution >= 0.6 is 34.2 Å². The van der Waals surface area contributed by atoms with Crippen LogP contribution in [0.2, 0.25) is 5.02 Å². The molecule has 4 fully saturated rings. The number of ketones is 1. The molecule has 25 nitrogen and oxygen atoms in total. The van der Waals surface area contributed by atoms with Gasteiger partial charge in [0.1, 0.15) is 46.8 Å². The van der Waals surface area contributed by atoms with Gasteiger partial charge in [0.25, 0.3) is 0 Å². The summed E-state index contributed by atoms with van der Waals surface area (Å²) in [6.45, 7) is 4.47. The third kappa shape index (κ3) is 16.7. The number of alkyl halides is 1. The fourth-order valence-electron chi connectivity index (χ4n) is 9.06. The first-order chi connectivity index (χ1) is 40.6. The van der Waals surface area contributed by atoms with Gasteiger partial charge in [0.15, 0.2) is 5.78 Å². The molecule has 0 radical (unpaired) electrons. The lowest BCUT2D eigenvalue weighted by Crippen LogP contribution is -2.44. The van der Waals surface area contributed by atoms with Gasteiger partial charge in [0, 0.05) is 88.6 Å². The quantitative estimate of drug-likeness (QED) is 0.0281. The number of carbonyl (C=O) groups is 8. The van der Waals surface area contributed by atoms with Gasteiger partial charge >= 0.3 is 24.0 Å². The zero-order valence-corrected chi connectivity index (χ0v) is 48.7. The van der Waals surface area contributed by atoms with E-state index in [-0.39, 0.29) is 108 Å². The number of aromatic carboxylic acids is 2. The van der Waals surface area contributed by atoms with Crippen molar-refractivity contribution in [2.45, 2.75) is 95.9 Å². The van der Waals surface area contributed by atoms with Crippen LogP contribution in [0.5, 0.6) is 0 Å². The number of anilines is 3. The molecule has 11 N–H and O–H groups in total. The number of aliphatic carboxylic acids is 1. The second kappa shape index (κ2) is 28.8. The van der Waals surface area contributed by atoms with E-state index in [0.717, 1.165) is 61.6 Å². The summed E-state index contributed by atoms with van der Waals surface area (Å²) in [4.78, 5) is 119. The van der Waals surface area contributed by atoms with E-state index in [4.69, 9.17) is 33.7 Å². The molecule has 3 aliphatic carbocycles. The summed E-state index contributed by atoms with van der Waals surface area (Å²) in [5.41, 5.74) is 4.22. The number of Topliss-reactive ketones (excluding diaryl/α,β-unsaturated/α-hetero) is 1. The zero-order chi connectivity index (χ0) is 63.6. The van der Waals surface area contributed by atoms with Crippen molar-refractivity contribution >= 4 is 121 Å². The lowest BCUT2D eigenvalue weighted by atomic mass is 9.90. The summed E-state index contributed by atoms with van der Waals surface area (Å²) in [5.74, 6) is -8.85. The summed E-state index contributed by atoms with van der Waals surface area (Å²) in [6, 6.07) is 7.53. The molecule has 85 heavy (non-hydrogen) atoms. The van der Waals surface area contributed by atoms with Gasteiger partial charge in [-0.3, -0.25) is 38.5 Å². The number of fused-ring (bicyclic) bond motifs is 3. The number of carboxylic acids is 3. The number of nitrogens with zero attached hydrogens (tertiary/aromatic N) is 4. The maximum Gasteiger partial charge on any atom is 0.414 e. The number of carboxylic acid groups (broad SMARTS) is 3. The Hall–Kier alpha value is -7.87. The molecule has 10 rings (SSSR count). The highest BCUT2D eigenvalue weighted by Crippen LogP contribution is 2.42. The summed E-state index contributed by atoms with van der Waals surface area (Å²) in [5, 5.41) is 55.9. The Balaban J connectivity index is 0.000000191. The summed E-state index contributed by atoms with van der Waals surface area (Å²) >= 11 is 7.69. The summed E-state index contributed by atoms with van der Waals surface area (Å²) < 4.78 is 57.4. The van der Waals surface area contributed by atoms with Crippen LogP contribution in [0, 0.1) is 23.4 Å². The molecular formula is C55H62ClF3IN9O16. The molecule has 5 aliphatic rings. The molecular weight excluding hydrogens is 1260 g/mol. The maximum absolute atomic E-state index is 14.8. The molecule has 4 atom stereocenters. The first kappa shape index (κ1) is 64.7. The molecule has 3 aromatic carbocycles. The Bertz CT molecular complexity index is 3590. The van der Waals surface area contributed by atoms with E-state index in [9.17, 15) is 76.4 Å². The number of pyridine rings is 2. The van der Waals surface area contributed by atoms with Gasteiger partial charge in [-0.25, -0.2) is 27.6 Å². The number of amides is 4. The molecule has 458 valence electrons. The number of hydrogen-bond acceptors (Lipinski definition) is 16. The molecule has 1 saturated heterocycles. The van der Waals surface area contributed by atoms with Gasteiger partial charge in [-0.15, -0.1) is 0 Å². The van der Waals surface area contributed by atoms with Crippen molar-refractivity contribution in [3.8, 4) is 0 Å². The maximum atomic E-state index is 14.8. The van der Waals surface area contributed by atoms with Crippen molar-refractivity contribution < 1.29 is 83.2 Å². The Morgan fingerprint density at radius 1 is 0.729 bits per heavy atom. The normalized spacial score (nSPS) is 17.5. The van der Waals surface area contributed by atoms with Crippen molar-refractivity contribution in [1.82, 2.24) is 25.1 Å². The molecule has 2 aromatic heterocycles. The highest BCUT2D eigenvalue weighted by atomic mass is 127. The fraction of sp³-hybridized carbons (Fsp3) is 0.418. The number of cyclic esters (lactones) is 1. The first-order valence-electron chi connectivity index (χ1n) is 27.0. The zero-order valence-electron chi connectivity index (χ0n) is 46.8. The number of carbonyl (C=O) groups excluding carboxylic acids is 5. The average Bonchev–Trinajstić information content (AvgIpc) is 1.56. The first-order valence-corrected chi connectivity index (χ1v) is 28.2. The van der Waals surface area contributed by atoms with Crippen molar-refractivity contribution in [2.24, 2.45) is 11.7 Å². The van der Waals surface area contributed by atoms with Crippen LogP contribution in [-0.4, -0.2) is 151 Å². The Morgan fingerprint density at radius 3 is 1.74 bits per heavy atom. The van der Waals surface area contributed by atoms with E-state index in [0.29, 0.717) is 21.6 Å². The molecule has 4 amide bonds. The smallest absolute Gasteiger partial charge is 0.414 e. The third-order valence-electron chi connectivity index (χ3n) is 13.6. The topological polar surface area (TPSA) is 372 Å². The van der Waals surface area contributed by atoms with E-state index >= 15 is 0 Å². The van der Waals surface area contributed by atoms with Crippen LogP contribution < -0.4 is 47.7 Å². The van der Waals surface area contributed by atoms with E-state index < -0.39 is 93.9 Å². The summed E-state index contributed by atoms with van der Waals surface area (Å²) in [7, 11) is 0. The van der Waals surface area contributed by atoms with Crippen molar-refractivity contribution in [2.75, 3.05) is 59.3 Å². The largest absolute Gasteiger partial charge is 0.481 e. The minimum absolute atomic E-state index is 0.0209. The number of nitrogens with one attached hydrogen (secondary N) is 4. The minimum atomic E-state index is -1.38. The van der Waals surface area contributed by atoms with Crippen LogP contribution in [0.1, 0.15) is 104 Å². The molecule has 0 spiro atoms. The highest BCUT2D eigenvalue weighted by Gasteiger charge is 2.43. The molecule has 4 unspecified atom stereocenters. The number of ether oxygens (including phenoxy) is 1. The number of halogens is 5. The van der Waals surface area contributed by atoms with Crippen LogP contribution in [0.25, 0.3) is 21.8 Å². The van der Waals surface area contributed by atoms with E-state index in [1.165, 1.54) is 51.4 Å². The molecule has 0 bridgehead atoms. The fourth-order valence-corrected chi connectivity index (χ4v) is 9.22. The SMILES string of the molecule is CC(=O)NC(O)CNc1cc2c(cc1F)C(=O)C(C(=O)O)CN2C1CC1.CC(=O)NCC(O)CN.CC(=O)NCC1CN(c2cc3c(cc2F)c(=O)c(C(=O)O)cn3C2CC2)C(=O)O1.O=C(O)c1cn(C2CC2)c2cc(Cl)c(F)cc2c1=O.[2H]CI. The van der Waals surface area contributed by atoms with Crippen molar-refractivity contribution in [3.05, 3.63) is 108 Å². The molecule has 5 aromatic rings. The predicted octanol–water partition coefficient (Wildman–Crippen LogP) is 4.51. The Morgan fingerprint density at radius 2 is 1.26 bits per heavy atom. The second-order valence-corrected chi connectivity index (χ2v) is 20.6. The Kier molecular flexibility index (Phi) is 21.9. The van der Waals surface area contributed by atoms with Gasteiger partial charge in [0.2, 0.25) is 28.6 Å². The van der Waals surface area contributed by atoms with Crippen LogP contribution in [0.4, 0.5) is 35.0 Å². The van der Waals surface area contributed by atoms with Gasteiger partial charge in [0.05, 0.1) is 58.9 Å². The molecule has 4 heterocycles. The second-order valence-electron chi connectivity index (χ2n) is 20.2. The molecule has 2 aliphatic heterocycles. The number of aliphatic hydroxyl groups excluding tert-OH is 2. The number of hydrogen-bond donors (Lipinski definition) is 10. The van der Waals surface area contributed by atoms with Crippen molar-refractivity contribution in [3.63, 3.8) is 0 Å². The van der Waals surface area contributed by atoms with Crippen LogP contribution in [0.3, 0.4) is 0 Å². The van der Waals surface area contributed by atoms with Gasteiger partial charge < -0.3 is 71.3 Å². The Labute approximate surface area is 501 Å². The van der Waals surface area contributed by atoms with Gasteiger partial charge in [-0.2, -0.15) is 0 Å². The standard InChI is InChI=1S/C19H18FN3O6.C17H20FN3O5.C13H9ClFNO3.C5H12N2O2.CH3I/c1-9(24)21-6-11-7-23(19(28)29-11)16-5-15-12(4-14(16)20)17(25)13(18(26)27)8-22(15)10-2-3-10;1-8(22)20-15(23)6-19-13-5-14-10(4-12(13)18)16(24)11(17(25)26)7-21(14)9-2-3-9;14-9-4-11-7(3-10(9)15)12(17)8(13(18)19)5-16(11)6-1-2-6;1-4(8)7-3-5(9)2-6;1-2/h4-5,8,10-11H,2-3,6-7H2,1H3,(H,21,24)(H,26,27);4-5,9,11,15,19,23H,2-3,6-7H2,1H3,(H,20,22)(H,25,26);3-6H,1-2H2,(H,18,19);5,9H,2-3,6H2,1H3,(H,7,8);1H3/i;;;;1D. The van der Waals surface area contributed by atoms with E-state index in [2.05, 4.69) is 21.3 Å². The minimum Gasteiger partial charge on any atom is -0.481 e. The number of benzene rings is 3. The average molecular weight is 1330 g/mol. The highest BCUT2D eigenvalue weighted by molar-refractivity contribution is 14.1. The summed E-state index contributed by atoms with van der Waals surface area (Å²) in [6.07, 6.45) is 4.60. The van der Waals surface area contributed by atoms with Crippen LogP contribution in [-0.2, 0) is 23.9 Å². The predicted molar refractivity (Wildman–Crippen MR) is 312 cm³/mol. The van der Waals surface area contributed by atoms with E-state index in [1.807, 2.05) is 27.5 Å². The lowest BCUT2D eigenvalue weighted by molar-refractivity contribution is -0.139.